The van der Waals surface area contributed by atoms with Crippen molar-refractivity contribution in [1.29, 1.82) is 0 Å². The highest BCUT2D eigenvalue weighted by molar-refractivity contribution is 5.93. The molecule has 6 rings (SSSR count). The summed E-state index contributed by atoms with van der Waals surface area (Å²) in [5.74, 6) is -1.02. The van der Waals surface area contributed by atoms with Crippen LogP contribution in [0.25, 0.3) is 10.9 Å². The van der Waals surface area contributed by atoms with Gasteiger partial charge in [0.1, 0.15) is 11.4 Å². The summed E-state index contributed by atoms with van der Waals surface area (Å²) in [7, 11) is 2.04. The Bertz CT molecular complexity index is 1010. The standard InChI is InChI=1S/C20H22FN3O3/c1-22-2-4-23(5-3-22)17-7-16-13(6-15(17)21)18(25)14(19(26)27)11-24(16)20-8-12(9-20)10-20/h6-7,11-12H,2-5,8-10H2,1H3,(H,26,27). The van der Waals surface area contributed by atoms with Crippen LogP contribution < -0.4 is 10.3 Å². The molecule has 1 aromatic heterocycles. The first-order valence-electron chi connectivity index (χ1n) is 9.44. The molecular formula is C20H22FN3O3. The van der Waals surface area contributed by atoms with Gasteiger partial charge in [-0.1, -0.05) is 0 Å². The molecule has 0 amide bonds. The molecule has 142 valence electrons. The Morgan fingerprint density at radius 2 is 1.85 bits per heavy atom. The molecule has 4 fully saturated rings. The van der Waals surface area contributed by atoms with Crippen molar-refractivity contribution in [1.82, 2.24) is 9.47 Å². The van der Waals surface area contributed by atoms with Gasteiger partial charge in [0, 0.05) is 43.3 Å². The van der Waals surface area contributed by atoms with E-state index in [9.17, 15) is 19.1 Å². The molecule has 2 aromatic rings. The molecule has 27 heavy (non-hydrogen) atoms. The average Bonchev–Trinajstić information content (AvgIpc) is 2.55. The number of carbonyl (C=O) groups is 1. The van der Waals surface area contributed by atoms with Crippen LogP contribution in [0.2, 0.25) is 0 Å². The maximum absolute atomic E-state index is 14.9. The van der Waals surface area contributed by atoms with Crippen molar-refractivity contribution in [2.45, 2.75) is 24.8 Å². The van der Waals surface area contributed by atoms with Gasteiger partial charge < -0.3 is 19.5 Å². The highest BCUT2D eigenvalue weighted by atomic mass is 19.1. The second-order valence-corrected chi connectivity index (χ2v) is 8.36. The molecule has 0 spiro atoms. The van der Waals surface area contributed by atoms with Crippen molar-refractivity contribution in [3.63, 3.8) is 0 Å². The van der Waals surface area contributed by atoms with Crippen molar-refractivity contribution in [3.8, 4) is 0 Å². The molecule has 2 bridgehead atoms. The lowest BCUT2D eigenvalue weighted by atomic mass is 9.49. The number of benzene rings is 1. The summed E-state index contributed by atoms with van der Waals surface area (Å²) in [6.07, 6.45) is 4.50. The first kappa shape index (κ1) is 16.7. The van der Waals surface area contributed by atoms with E-state index in [-0.39, 0.29) is 16.5 Å². The first-order chi connectivity index (χ1) is 12.9. The SMILES string of the molecule is CN1CCN(c2cc3c(cc2F)c(=O)c(C(=O)O)cn3C23CC(C2)C3)CC1. The quantitative estimate of drug-likeness (QED) is 0.895. The van der Waals surface area contributed by atoms with Gasteiger partial charge in [-0.3, -0.25) is 4.79 Å². The van der Waals surface area contributed by atoms with E-state index >= 15 is 0 Å². The van der Waals surface area contributed by atoms with Gasteiger partial charge in [0.2, 0.25) is 5.43 Å². The summed E-state index contributed by atoms with van der Waals surface area (Å²) in [4.78, 5) is 28.5. The number of fused-ring (bicyclic) bond motifs is 1. The molecule has 7 heteroatoms. The predicted octanol–water partition coefficient (Wildman–Crippen LogP) is 2.10. The van der Waals surface area contributed by atoms with Crippen LogP contribution in [0.5, 0.6) is 0 Å². The number of anilines is 1. The van der Waals surface area contributed by atoms with Gasteiger partial charge in [-0.05, 0) is 44.4 Å². The van der Waals surface area contributed by atoms with E-state index in [0.717, 1.165) is 45.4 Å². The highest BCUT2D eigenvalue weighted by Crippen LogP contribution is 2.62. The molecule has 3 aliphatic carbocycles. The number of carboxylic acids is 1. The second-order valence-electron chi connectivity index (χ2n) is 8.36. The molecule has 0 atom stereocenters. The summed E-state index contributed by atoms with van der Waals surface area (Å²) < 4.78 is 16.8. The van der Waals surface area contributed by atoms with Gasteiger partial charge in [0.15, 0.2) is 0 Å². The van der Waals surface area contributed by atoms with Crippen LogP contribution in [0.4, 0.5) is 10.1 Å². The highest BCUT2D eigenvalue weighted by Gasteiger charge is 2.58. The number of nitrogens with zero attached hydrogens (tertiary/aromatic N) is 3. The van der Waals surface area contributed by atoms with E-state index < -0.39 is 17.2 Å². The lowest BCUT2D eigenvalue weighted by molar-refractivity contribution is -0.0860. The number of hydrogen-bond donors (Lipinski definition) is 1. The Labute approximate surface area is 155 Å². The molecule has 0 unspecified atom stereocenters. The van der Waals surface area contributed by atoms with Crippen molar-refractivity contribution in [3.05, 3.63) is 39.9 Å². The first-order valence-corrected chi connectivity index (χ1v) is 9.44. The third-order valence-corrected chi connectivity index (χ3v) is 6.66. The third-order valence-electron chi connectivity index (χ3n) is 6.66. The topological polar surface area (TPSA) is 65.8 Å². The van der Waals surface area contributed by atoms with Crippen molar-refractivity contribution >= 4 is 22.6 Å². The lowest BCUT2D eigenvalue weighted by Crippen LogP contribution is -2.59. The molecule has 1 aliphatic heterocycles. The fourth-order valence-corrected chi connectivity index (χ4v) is 4.90. The average molecular weight is 371 g/mol. The normalized spacial score (nSPS) is 27.3. The largest absolute Gasteiger partial charge is 0.477 e. The summed E-state index contributed by atoms with van der Waals surface area (Å²) in [6.45, 7) is 3.16. The minimum Gasteiger partial charge on any atom is -0.477 e. The molecule has 6 nitrogen and oxygen atoms in total. The summed E-state index contributed by atoms with van der Waals surface area (Å²) in [5.41, 5.74) is 0.165. The number of carboxylic acid groups (broad SMARTS) is 1. The summed E-state index contributed by atoms with van der Waals surface area (Å²) in [6, 6.07) is 2.99. The maximum atomic E-state index is 14.9. The van der Waals surface area contributed by atoms with Crippen LogP contribution in [-0.2, 0) is 5.54 Å². The lowest BCUT2D eigenvalue weighted by Gasteiger charge is -2.63. The maximum Gasteiger partial charge on any atom is 0.341 e. The predicted molar refractivity (Wildman–Crippen MR) is 100 cm³/mol. The second kappa shape index (κ2) is 5.55. The third kappa shape index (κ3) is 2.34. The van der Waals surface area contributed by atoms with Crippen LogP contribution in [0.15, 0.2) is 23.1 Å². The van der Waals surface area contributed by atoms with Crippen LogP contribution in [0.3, 0.4) is 0 Å². The van der Waals surface area contributed by atoms with Crippen LogP contribution in [0, 0.1) is 11.7 Å². The molecule has 1 saturated heterocycles. The molecule has 0 radical (unpaired) electrons. The molecule has 2 heterocycles. The van der Waals surface area contributed by atoms with E-state index in [4.69, 9.17) is 0 Å². The van der Waals surface area contributed by atoms with E-state index in [2.05, 4.69) is 4.90 Å². The molecule has 3 saturated carbocycles. The van der Waals surface area contributed by atoms with Gasteiger partial charge in [0.05, 0.1) is 11.2 Å². The number of pyridine rings is 1. The Balaban J connectivity index is 1.71. The molecule has 1 aromatic carbocycles. The number of aromatic nitrogens is 1. The summed E-state index contributed by atoms with van der Waals surface area (Å²) in [5, 5.41) is 9.61. The Hall–Kier alpha value is -2.41. The smallest absolute Gasteiger partial charge is 0.341 e. The van der Waals surface area contributed by atoms with E-state index in [1.165, 1.54) is 12.3 Å². The number of likely N-dealkylation sites (N-methyl/N-ethyl adjacent to an activating group) is 1. The van der Waals surface area contributed by atoms with E-state index in [1.807, 2.05) is 16.5 Å². The number of piperazine rings is 1. The number of aromatic carboxylic acids is 1. The van der Waals surface area contributed by atoms with Crippen molar-refractivity contribution in [2.24, 2.45) is 5.92 Å². The Morgan fingerprint density at radius 1 is 1.19 bits per heavy atom. The minimum atomic E-state index is -1.26. The summed E-state index contributed by atoms with van der Waals surface area (Å²) >= 11 is 0. The van der Waals surface area contributed by atoms with Gasteiger partial charge in [0.25, 0.3) is 0 Å². The molecule has 1 N–H and O–H groups in total. The van der Waals surface area contributed by atoms with Crippen LogP contribution >= 0.6 is 0 Å². The van der Waals surface area contributed by atoms with Gasteiger partial charge in [-0.25, -0.2) is 9.18 Å². The number of hydrogen-bond acceptors (Lipinski definition) is 4. The minimum absolute atomic E-state index is 0.0992. The van der Waals surface area contributed by atoms with E-state index in [0.29, 0.717) is 17.1 Å². The van der Waals surface area contributed by atoms with Crippen molar-refractivity contribution in [2.75, 3.05) is 38.1 Å². The fourth-order valence-electron chi connectivity index (χ4n) is 4.90. The fraction of sp³-hybridized carbons (Fsp3) is 0.500. The van der Waals surface area contributed by atoms with Gasteiger partial charge >= 0.3 is 5.97 Å². The number of halogens is 1. The van der Waals surface area contributed by atoms with Crippen LogP contribution in [-0.4, -0.2) is 53.8 Å². The Kier molecular flexibility index (Phi) is 3.44. The van der Waals surface area contributed by atoms with Gasteiger partial charge in [-0.2, -0.15) is 0 Å². The zero-order valence-electron chi connectivity index (χ0n) is 15.2. The Morgan fingerprint density at radius 3 is 2.41 bits per heavy atom. The number of rotatable bonds is 3. The zero-order valence-corrected chi connectivity index (χ0v) is 15.2. The monoisotopic (exact) mass is 371 g/mol. The zero-order chi connectivity index (χ0) is 18.9. The molecular weight excluding hydrogens is 349 g/mol. The van der Waals surface area contributed by atoms with E-state index in [1.54, 1.807) is 6.07 Å². The van der Waals surface area contributed by atoms with Crippen LogP contribution in [0.1, 0.15) is 29.6 Å². The molecule has 4 aliphatic rings. The van der Waals surface area contributed by atoms with Gasteiger partial charge in [-0.15, -0.1) is 0 Å². The van der Waals surface area contributed by atoms with Crippen molar-refractivity contribution < 1.29 is 14.3 Å².